The van der Waals surface area contributed by atoms with Crippen LogP contribution in [0.2, 0.25) is 0 Å². The minimum Gasteiger partial charge on any atom is -0.396 e. The van der Waals surface area contributed by atoms with Gasteiger partial charge in [-0.1, -0.05) is 13.3 Å². The Kier molecular flexibility index (Phi) is 6.42. The van der Waals surface area contributed by atoms with Crippen LogP contribution in [-0.2, 0) is 0 Å². The van der Waals surface area contributed by atoms with Crippen molar-refractivity contribution in [3.63, 3.8) is 0 Å². The molecule has 1 atom stereocenters. The van der Waals surface area contributed by atoms with Crippen molar-refractivity contribution in [1.82, 2.24) is 5.32 Å². The summed E-state index contributed by atoms with van der Waals surface area (Å²) in [5.74, 6) is -1.87. The first kappa shape index (κ1) is 15.6. The molecule has 5 heteroatoms. The molecule has 0 aliphatic rings. The van der Waals surface area contributed by atoms with Crippen LogP contribution >= 0.6 is 0 Å². The van der Waals surface area contributed by atoms with Gasteiger partial charge in [-0.15, -0.1) is 0 Å². The lowest BCUT2D eigenvalue weighted by atomic mass is 10.00. The minimum absolute atomic E-state index is 0.0505. The number of aliphatic hydroxyl groups is 1. The van der Waals surface area contributed by atoms with Crippen LogP contribution in [0.5, 0.6) is 0 Å². The third kappa shape index (κ3) is 4.95. The summed E-state index contributed by atoms with van der Waals surface area (Å²) in [5.41, 5.74) is -0.292. The van der Waals surface area contributed by atoms with E-state index in [1.807, 2.05) is 6.92 Å². The Bertz CT molecular complexity index is 418. The first-order valence-corrected chi connectivity index (χ1v) is 6.42. The molecule has 106 valence electrons. The Morgan fingerprint density at radius 2 is 2.11 bits per heavy atom. The van der Waals surface area contributed by atoms with Crippen molar-refractivity contribution < 1.29 is 18.7 Å². The van der Waals surface area contributed by atoms with Gasteiger partial charge in [-0.2, -0.15) is 0 Å². The number of carbonyl (C=O) groups is 1. The van der Waals surface area contributed by atoms with E-state index in [0.29, 0.717) is 13.0 Å². The molecule has 0 radical (unpaired) electrons. The number of aliphatic hydroxyl groups excluding tert-OH is 1. The van der Waals surface area contributed by atoms with E-state index in [0.717, 1.165) is 31.0 Å². The summed E-state index contributed by atoms with van der Waals surface area (Å²) in [6.07, 6.45) is 2.39. The average molecular weight is 271 g/mol. The number of amides is 1. The van der Waals surface area contributed by atoms with Crippen molar-refractivity contribution in [3.05, 3.63) is 35.4 Å². The molecule has 0 spiro atoms. The molecular formula is C14H19F2NO2. The molecule has 2 N–H and O–H groups in total. The van der Waals surface area contributed by atoms with Gasteiger partial charge in [0.1, 0.15) is 11.6 Å². The highest BCUT2D eigenvalue weighted by molar-refractivity contribution is 5.94. The zero-order valence-corrected chi connectivity index (χ0v) is 11.0. The largest absolute Gasteiger partial charge is 0.396 e. The molecule has 0 aliphatic heterocycles. The third-order valence-corrected chi connectivity index (χ3v) is 2.96. The molecule has 19 heavy (non-hydrogen) atoms. The summed E-state index contributed by atoms with van der Waals surface area (Å²) in [6.45, 7) is 2.41. The van der Waals surface area contributed by atoms with Crippen LogP contribution in [0.25, 0.3) is 0 Å². The van der Waals surface area contributed by atoms with Crippen LogP contribution in [-0.4, -0.2) is 24.2 Å². The molecule has 0 bridgehead atoms. The third-order valence-electron chi connectivity index (χ3n) is 2.96. The molecule has 1 amide bonds. The molecule has 1 rings (SSSR count). The average Bonchev–Trinajstić information content (AvgIpc) is 2.39. The van der Waals surface area contributed by atoms with Crippen molar-refractivity contribution in [2.24, 2.45) is 5.92 Å². The Balaban J connectivity index is 2.61. The first-order valence-electron chi connectivity index (χ1n) is 6.42. The second kappa shape index (κ2) is 7.84. The lowest BCUT2D eigenvalue weighted by Crippen LogP contribution is -2.30. The van der Waals surface area contributed by atoms with Crippen LogP contribution in [0.3, 0.4) is 0 Å². The molecule has 0 saturated carbocycles. The van der Waals surface area contributed by atoms with Gasteiger partial charge >= 0.3 is 0 Å². The van der Waals surface area contributed by atoms with E-state index in [-0.39, 0.29) is 18.1 Å². The SMILES string of the molecule is CCCC(CCO)CNC(=O)c1cc(F)ccc1F. The summed E-state index contributed by atoms with van der Waals surface area (Å²) in [5, 5.41) is 11.5. The molecule has 3 nitrogen and oxygen atoms in total. The monoisotopic (exact) mass is 271 g/mol. The van der Waals surface area contributed by atoms with Gasteiger partial charge in [-0.05, 0) is 37.0 Å². The van der Waals surface area contributed by atoms with Crippen LogP contribution in [0.15, 0.2) is 18.2 Å². The van der Waals surface area contributed by atoms with Crippen molar-refractivity contribution in [3.8, 4) is 0 Å². The van der Waals surface area contributed by atoms with E-state index in [2.05, 4.69) is 5.32 Å². The fraction of sp³-hybridized carbons (Fsp3) is 0.500. The highest BCUT2D eigenvalue weighted by atomic mass is 19.1. The molecule has 0 aromatic heterocycles. The maximum Gasteiger partial charge on any atom is 0.254 e. The molecule has 0 aliphatic carbocycles. The van der Waals surface area contributed by atoms with Crippen molar-refractivity contribution >= 4 is 5.91 Å². The van der Waals surface area contributed by atoms with E-state index >= 15 is 0 Å². The molecule has 0 heterocycles. The summed E-state index contributed by atoms with van der Waals surface area (Å²) in [6, 6.07) is 2.78. The number of rotatable bonds is 7. The lowest BCUT2D eigenvalue weighted by Gasteiger charge is -2.15. The van der Waals surface area contributed by atoms with Gasteiger partial charge in [0, 0.05) is 13.2 Å². The van der Waals surface area contributed by atoms with Gasteiger partial charge in [-0.3, -0.25) is 4.79 Å². The Morgan fingerprint density at radius 3 is 2.74 bits per heavy atom. The number of carbonyl (C=O) groups excluding carboxylic acids is 1. The number of halogens is 2. The quantitative estimate of drug-likeness (QED) is 0.800. The first-order chi connectivity index (χ1) is 9.08. The smallest absolute Gasteiger partial charge is 0.254 e. The Morgan fingerprint density at radius 1 is 1.37 bits per heavy atom. The van der Waals surface area contributed by atoms with E-state index < -0.39 is 17.5 Å². The highest BCUT2D eigenvalue weighted by Gasteiger charge is 2.14. The van der Waals surface area contributed by atoms with Crippen molar-refractivity contribution in [2.45, 2.75) is 26.2 Å². The second-order valence-corrected chi connectivity index (χ2v) is 4.50. The predicted octanol–water partition coefficient (Wildman–Crippen LogP) is 2.49. The second-order valence-electron chi connectivity index (χ2n) is 4.50. The van der Waals surface area contributed by atoms with Crippen LogP contribution in [0.1, 0.15) is 36.5 Å². The molecule has 0 saturated heterocycles. The summed E-state index contributed by atoms with van der Waals surface area (Å²) in [7, 11) is 0. The van der Waals surface area contributed by atoms with Crippen LogP contribution in [0, 0.1) is 17.6 Å². The van der Waals surface area contributed by atoms with Gasteiger partial charge < -0.3 is 10.4 Å². The molecule has 1 aromatic carbocycles. The zero-order valence-electron chi connectivity index (χ0n) is 11.0. The Hall–Kier alpha value is -1.49. The maximum absolute atomic E-state index is 13.4. The highest BCUT2D eigenvalue weighted by Crippen LogP contribution is 2.12. The number of benzene rings is 1. The van der Waals surface area contributed by atoms with Gasteiger partial charge in [0.05, 0.1) is 5.56 Å². The van der Waals surface area contributed by atoms with Crippen molar-refractivity contribution in [1.29, 1.82) is 0 Å². The fourth-order valence-corrected chi connectivity index (χ4v) is 1.94. The van der Waals surface area contributed by atoms with Gasteiger partial charge in [0.15, 0.2) is 0 Å². The summed E-state index contributed by atoms with van der Waals surface area (Å²) in [4.78, 5) is 11.8. The van der Waals surface area contributed by atoms with Gasteiger partial charge in [0.25, 0.3) is 5.91 Å². The van der Waals surface area contributed by atoms with Crippen LogP contribution in [0.4, 0.5) is 8.78 Å². The maximum atomic E-state index is 13.4. The molecule has 0 fully saturated rings. The molecule has 1 aromatic rings. The number of nitrogens with one attached hydrogen (secondary N) is 1. The minimum atomic E-state index is -0.743. The summed E-state index contributed by atoms with van der Waals surface area (Å²) < 4.78 is 26.3. The number of hydrogen-bond acceptors (Lipinski definition) is 2. The van der Waals surface area contributed by atoms with E-state index in [4.69, 9.17) is 5.11 Å². The van der Waals surface area contributed by atoms with Crippen molar-refractivity contribution in [2.75, 3.05) is 13.2 Å². The van der Waals surface area contributed by atoms with Gasteiger partial charge in [-0.25, -0.2) is 8.78 Å². The predicted molar refractivity (Wildman–Crippen MR) is 68.8 cm³/mol. The zero-order chi connectivity index (χ0) is 14.3. The van der Waals surface area contributed by atoms with E-state index in [9.17, 15) is 13.6 Å². The van der Waals surface area contributed by atoms with E-state index in [1.54, 1.807) is 0 Å². The van der Waals surface area contributed by atoms with Crippen LogP contribution < -0.4 is 5.32 Å². The summed E-state index contributed by atoms with van der Waals surface area (Å²) >= 11 is 0. The van der Waals surface area contributed by atoms with Gasteiger partial charge in [0.2, 0.25) is 0 Å². The molecule has 1 unspecified atom stereocenters. The molecular weight excluding hydrogens is 252 g/mol. The Labute approximate surface area is 111 Å². The fourth-order valence-electron chi connectivity index (χ4n) is 1.94. The normalized spacial score (nSPS) is 12.2. The standard InChI is InChI=1S/C14H19F2NO2/c1-2-3-10(6-7-18)9-17-14(19)12-8-11(15)4-5-13(12)16/h4-5,8,10,18H,2-3,6-7,9H2,1H3,(H,17,19). The topological polar surface area (TPSA) is 49.3 Å². The lowest BCUT2D eigenvalue weighted by molar-refractivity contribution is 0.0938. The van der Waals surface area contributed by atoms with E-state index in [1.165, 1.54) is 0 Å². The number of hydrogen-bond donors (Lipinski definition) is 2.